The van der Waals surface area contributed by atoms with Crippen molar-refractivity contribution in [1.82, 2.24) is 0 Å². The lowest BCUT2D eigenvalue weighted by Gasteiger charge is -2.22. The van der Waals surface area contributed by atoms with Crippen LogP contribution in [0.3, 0.4) is 0 Å². The van der Waals surface area contributed by atoms with Crippen LogP contribution in [0.25, 0.3) is 44.2 Å². The van der Waals surface area contributed by atoms with Gasteiger partial charge in [-0.25, -0.2) is 0 Å². The highest BCUT2D eigenvalue weighted by Gasteiger charge is 2.35. The lowest BCUT2D eigenvalue weighted by atomic mass is 9.80. The van der Waals surface area contributed by atoms with E-state index in [4.69, 9.17) is 0 Å². The van der Waals surface area contributed by atoms with Crippen molar-refractivity contribution < 1.29 is 0 Å². The molecule has 0 radical (unpaired) electrons. The summed E-state index contributed by atoms with van der Waals surface area (Å²) >= 11 is 0. The molecule has 32 heavy (non-hydrogen) atoms. The highest BCUT2D eigenvalue weighted by atomic mass is 14.4. The average Bonchev–Trinajstić information content (AvgIpc) is 3.05. The van der Waals surface area contributed by atoms with Crippen LogP contribution in [0.2, 0.25) is 0 Å². The molecule has 0 atom stereocenters. The Morgan fingerprint density at radius 2 is 1.03 bits per heavy atom. The number of rotatable bonds is 2. The highest BCUT2D eigenvalue weighted by Crippen LogP contribution is 2.50. The largest absolute Gasteiger partial charge is 0.0616 e. The zero-order valence-electron chi connectivity index (χ0n) is 18.8. The number of hydrogen-bond acceptors (Lipinski definition) is 0. The monoisotopic (exact) mass is 410 g/mol. The fourth-order valence-electron chi connectivity index (χ4n) is 5.29. The molecule has 0 aromatic heterocycles. The molecule has 0 fully saturated rings. The van der Waals surface area contributed by atoms with Gasteiger partial charge >= 0.3 is 0 Å². The summed E-state index contributed by atoms with van der Waals surface area (Å²) in [4.78, 5) is 0. The SMILES string of the molecule is Cc1cccc(-c2ccc3c(c2)C(C)(C)c2cc(-c4ccc5ccccc5c4)ccc2-3)c1. The van der Waals surface area contributed by atoms with Gasteiger partial charge in [0.05, 0.1) is 0 Å². The maximum atomic E-state index is 2.41. The smallest absolute Gasteiger partial charge is 0.0159 e. The standard InChI is InChI=1S/C32H26/c1-21-7-6-10-23(17-21)26-13-15-28-29-16-14-27(20-31(29)32(2,3)30(28)19-26)25-12-11-22-8-4-5-9-24(22)18-25/h4-20H,1-3H3. The third kappa shape index (κ3) is 2.91. The molecule has 5 aromatic rings. The Balaban J connectivity index is 1.46. The topological polar surface area (TPSA) is 0 Å². The zero-order valence-corrected chi connectivity index (χ0v) is 18.8. The van der Waals surface area contributed by atoms with Crippen LogP contribution < -0.4 is 0 Å². The van der Waals surface area contributed by atoms with Gasteiger partial charge in [0.15, 0.2) is 0 Å². The number of benzene rings is 5. The predicted octanol–water partition coefficient (Wildman–Crippen LogP) is 8.79. The molecule has 0 spiro atoms. The summed E-state index contributed by atoms with van der Waals surface area (Å²) in [6.07, 6.45) is 0. The van der Waals surface area contributed by atoms with Crippen molar-refractivity contribution in [1.29, 1.82) is 0 Å². The molecule has 0 N–H and O–H groups in total. The summed E-state index contributed by atoms with van der Waals surface area (Å²) < 4.78 is 0. The van der Waals surface area contributed by atoms with Gasteiger partial charge in [0, 0.05) is 5.41 Å². The van der Waals surface area contributed by atoms with Gasteiger partial charge in [0.2, 0.25) is 0 Å². The Bertz CT molecular complexity index is 1500. The van der Waals surface area contributed by atoms with E-state index in [9.17, 15) is 0 Å². The van der Waals surface area contributed by atoms with Crippen LogP contribution in [0, 0.1) is 6.92 Å². The van der Waals surface area contributed by atoms with Gasteiger partial charge in [-0.15, -0.1) is 0 Å². The second-order valence-corrected chi connectivity index (χ2v) is 9.58. The zero-order chi connectivity index (χ0) is 21.9. The number of aryl methyl sites for hydroxylation is 1. The molecular weight excluding hydrogens is 384 g/mol. The molecule has 6 rings (SSSR count). The molecule has 0 saturated carbocycles. The van der Waals surface area contributed by atoms with E-state index in [1.165, 1.54) is 60.8 Å². The molecular formula is C32H26. The lowest BCUT2D eigenvalue weighted by molar-refractivity contribution is 0.661. The van der Waals surface area contributed by atoms with Gasteiger partial charge < -0.3 is 0 Å². The lowest BCUT2D eigenvalue weighted by Crippen LogP contribution is -2.15. The second-order valence-electron chi connectivity index (χ2n) is 9.58. The Hall–Kier alpha value is -3.64. The molecule has 0 amide bonds. The predicted molar refractivity (Wildman–Crippen MR) is 137 cm³/mol. The number of hydrogen-bond donors (Lipinski definition) is 0. The van der Waals surface area contributed by atoms with Crippen molar-refractivity contribution in [2.75, 3.05) is 0 Å². The molecule has 154 valence electrons. The molecule has 0 unspecified atom stereocenters. The maximum Gasteiger partial charge on any atom is 0.0159 e. The third-order valence-corrected chi connectivity index (χ3v) is 7.11. The third-order valence-electron chi connectivity index (χ3n) is 7.11. The van der Waals surface area contributed by atoms with Gasteiger partial charge in [-0.1, -0.05) is 104 Å². The molecule has 0 heteroatoms. The molecule has 5 aromatic carbocycles. The maximum absolute atomic E-state index is 2.41. The first-order valence-corrected chi connectivity index (χ1v) is 11.4. The van der Waals surface area contributed by atoms with E-state index in [2.05, 4.69) is 124 Å². The van der Waals surface area contributed by atoms with Crippen molar-refractivity contribution in [2.24, 2.45) is 0 Å². The van der Waals surface area contributed by atoms with E-state index in [1.807, 2.05) is 0 Å². The highest BCUT2D eigenvalue weighted by molar-refractivity contribution is 5.89. The molecule has 1 aliphatic rings. The summed E-state index contributed by atoms with van der Waals surface area (Å²) in [5.41, 5.74) is 12.0. The minimum atomic E-state index is -0.0304. The fourth-order valence-corrected chi connectivity index (χ4v) is 5.29. The Labute approximate surface area is 190 Å². The van der Waals surface area contributed by atoms with Crippen LogP contribution >= 0.6 is 0 Å². The minimum Gasteiger partial charge on any atom is -0.0616 e. The van der Waals surface area contributed by atoms with E-state index in [0.717, 1.165) is 0 Å². The quantitative estimate of drug-likeness (QED) is 0.273. The first-order valence-electron chi connectivity index (χ1n) is 11.4. The molecule has 0 nitrogen and oxygen atoms in total. The van der Waals surface area contributed by atoms with Gasteiger partial charge in [0.1, 0.15) is 0 Å². The summed E-state index contributed by atoms with van der Waals surface area (Å²) in [6, 6.07) is 38.1. The Morgan fingerprint density at radius 1 is 0.469 bits per heavy atom. The van der Waals surface area contributed by atoms with Gasteiger partial charge in [-0.2, -0.15) is 0 Å². The van der Waals surface area contributed by atoms with Crippen molar-refractivity contribution in [3.63, 3.8) is 0 Å². The van der Waals surface area contributed by atoms with Crippen LogP contribution in [0.15, 0.2) is 103 Å². The van der Waals surface area contributed by atoms with E-state index in [1.54, 1.807) is 0 Å². The van der Waals surface area contributed by atoms with Crippen LogP contribution in [-0.2, 0) is 5.41 Å². The van der Waals surface area contributed by atoms with Gasteiger partial charge in [0.25, 0.3) is 0 Å². The van der Waals surface area contributed by atoms with Crippen LogP contribution in [-0.4, -0.2) is 0 Å². The van der Waals surface area contributed by atoms with Crippen molar-refractivity contribution in [2.45, 2.75) is 26.2 Å². The summed E-state index contributed by atoms with van der Waals surface area (Å²) in [7, 11) is 0. The molecule has 1 aliphatic carbocycles. The normalized spacial score (nSPS) is 13.7. The molecule has 0 aliphatic heterocycles. The average molecular weight is 411 g/mol. The molecule has 0 bridgehead atoms. The van der Waals surface area contributed by atoms with Crippen LogP contribution in [0.4, 0.5) is 0 Å². The minimum absolute atomic E-state index is 0.0304. The summed E-state index contributed by atoms with van der Waals surface area (Å²) in [5, 5.41) is 2.57. The van der Waals surface area contributed by atoms with Crippen LogP contribution in [0.5, 0.6) is 0 Å². The summed E-state index contributed by atoms with van der Waals surface area (Å²) in [5.74, 6) is 0. The van der Waals surface area contributed by atoms with Crippen molar-refractivity contribution in [3.05, 3.63) is 120 Å². The summed E-state index contributed by atoms with van der Waals surface area (Å²) in [6.45, 7) is 6.88. The Kier molecular flexibility index (Phi) is 4.13. The van der Waals surface area contributed by atoms with Gasteiger partial charge in [-0.3, -0.25) is 0 Å². The van der Waals surface area contributed by atoms with E-state index in [-0.39, 0.29) is 5.41 Å². The first kappa shape index (κ1) is 19.1. The number of fused-ring (bicyclic) bond motifs is 4. The molecule has 0 saturated heterocycles. The van der Waals surface area contributed by atoms with Crippen molar-refractivity contribution >= 4 is 10.8 Å². The second kappa shape index (κ2) is 6.93. The van der Waals surface area contributed by atoms with Gasteiger partial charge in [-0.05, 0) is 80.4 Å². The molecule has 0 heterocycles. The first-order chi connectivity index (χ1) is 15.5. The van der Waals surface area contributed by atoms with E-state index in [0.29, 0.717) is 0 Å². The Morgan fingerprint density at radius 3 is 1.69 bits per heavy atom. The van der Waals surface area contributed by atoms with Crippen LogP contribution in [0.1, 0.15) is 30.5 Å². The fraction of sp³-hybridized carbons (Fsp3) is 0.125. The van der Waals surface area contributed by atoms with E-state index >= 15 is 0 Å². The van der Waals surface area contributed by atoms with E-state index < -0.39 is 0 Å². The van der Waals surface area contributed by atoms with Crippen molar-refractivity contribution in [3.8, 4) is 33.4 Å².